The summed E-state index contributed by atoms with van der Waals surface area (Å²) >= 11 is 9.17. The molecule has 0 saturated carbocycles. The third-order valence-electron chi connectivity index (χ3n) is 3.52. The summed E-state index contributed by atoms with van der Waals surface area (Å²) in [6.07, 6.45) is 2.43. The first-order chi connectivity index (χ1) is 11.1. The van der Waals surface area contributed by atoms with Crippen LogP contribution in [0, 0.1) is 0 Å². The highest BCUT2D eigenvalue weighted by atomic mass is 79.9. The maximum absolute atomic E-state index is 12.2. The third kappa shape index (κ3) is 4.36. The van der Waals surface area contributed by atoms with Gasteiger partial charge in [-0.3, -0.25) is 0 Å². The molecule has 23 heavy (non-hydrogen) atoms. The zero-order valence-electron chi connectivity index (χ0n) is 12.2. The van der Waals surface area contributed by atoms with Gasteiger partial charge in [0.25, 0.3) is 0 Å². The summed E-state index contributed by atoms with van der Waals surface area (Å²) in [5.41, 5.74) is 0.721. The second kappa shape index (κ2) is 7.19. The molecule has 2 heterocycles. The Labute approximate surface area is 147 Å². The van der Waals surface area contributed by atoms with E-state index in [9.17, 15) is 4.79 Å². The molecule has 0 aliphatic carbocycles. The Bertz CT molecular complexity index is 679. The first-order valence-corrected chi connectivity index (χ1v) is 8.37. The average molecular weight is 397 g/mol. The van der Waals surface area contributed by atoms with E-state index in [0.717, 1.165) is 16.6 Å². The van der Waals surface area contributed by atoms with Crippen molar-refractivity contribution in [1.29, 1.82) is 0 Å². The molecule has 7 heteroatoms. The molecule has 3 rings (SSSR count). The van der Waals surface area contributed by atoms with Crippen LogP contribution in [0.15, 0.2) is 47.1 Å². The Morgan fingerprint density at radius 1 is 1.30 bits per heavy atom. The van der Waals surface area contributed by atoms with Gasteiger partial charge in [-0.1, -0.05) is 11.6 Å². The van der Waals surface area contributed by atoms with Crippen LogP contribution >= 0.6 is 27.5 Å². The molecule has 0 unspecified atom stereocenters. The highest BCUT2D eigenvalue weighted by Crippen LogP contribution is 2.20. The number of urea groups is 1. The molecule has 1 aromatic heterocycles. The fraction of sp³-hybridized carbons (Fsp3) is 0.250. The van der Waals surface area contributed by atoms with Crippen molar-refractivity contribution < 1.29 is 9.53 Å². The first-order valence-electron chi connectivity index (χ1n) is 7.20. The van der Waals surface area contributed by atoms with Crippen molar-refractivity contribution in [3.05, 3.63) is 52.1 Å². The third-order valence-corrected chi connectivity index (χ3v) is 4.24. The number of pyridine rings is 1. The molecule has 1 atom stereocenters. The number of nitrogens with one attached hydrogen (secondary N) is 1. The molecule has 1 aliphatic rings. The van der Waals surface area contributed by atoms with Crippen molar-refractivity contribution >= 4 is 39.2 Å². The van der Waals surface area contributed by atoms with Crippen LogP contribution in [0.2, 0.25) is 5.02 Å². The number of carbonyl (C=O) groups is 1. The quantitative estimate of drug-likeness (QED) is 0.846. The van der Waals surface area contributed by atoms with Crippen LogP contribution in [0.25, 0.3) is 0 Å². The molecular formula is C16H15BrClN3O2. The Morgan fingerprint density at radius 3 is 2.78 bits per heavy atom. The van der Waals surface area contributed by atoms with Gasteiger partial charge in [-0.25, -0.2) is 9.78 Å². The molecule has 0 spiro atoms. The zero-order valence-corrected chi connectivity index (χ0v) is 14.5. The van der Waals surface area contributed by atoms with Gasteiger partial charge in [-0.05, 0) is 46.3 Å². The Hall–Kier alpha value is -1.79. The van der Waals surface area contributed by atoms with Gasteiger partial charge in [0, 0.05) is 40.4 Å². The number of hydrogen-bond donors (Lipinski definition) is 1. The molecule has 5 nitrogen and oxygen atoms in total. The summed E-state index contributed by atoms with van der Waals surface area (Å²) in [6.45, 7) is 1.19. The maximum Gasteiger partial charge on any atom is 0.321 e. The zero-order chi connectivity index (χ0) is 16.2. The smallest absolute Gasteiger partial charge is 0.321 e. The van der Waals surface area contributed by atoms with Crippen LogP contribution in [-0.4, -0.2) is 35.1 Å². The van der Waals surface area contributed by atoms with E-state index in [0.29, 0.717) is 24.0 Å². The number of carbonyl (C=O) groups excluding carboxylic acids is 1. The lowest BCUT2D eigenvalue weighted by Crippen LogP contribution is -2.34. The Balaban J connectivity index is 1.53. The number of hydrogen-bond acceptors (Lipinski definition) is 3. The summed E-state index contributed by atoms with van der Waals surface area (Å²) in [4.78, 5) is 18.2. The molecule has 1 saturated heterocycles. The van der Waals surface area contributed by atoms with E-state index in [1.54, 1.807) is 41.4 Å². The minimum absolute atomic E-state index is 0.0420. The molecule has 0 bridgehead atoms. The van der Waals surface area contributed by atoms with Crippen LogP contribution < -0.4 is 10.1 Å². The van der Waals surface area contributed by atoms with Crippen molar-refractivity contribution in [3.63, 3.8) is 0 Å². The summed E-state index contributed by atoms with van der Waals surface area (Å²) in [7, 11) is 0. The van der Waals surface area contributed by atoms with Crippen molar-refractivity contribution in [2.75, 3.05) is 18.4 Å². The van der Waals surface area contributed by atoms with E-state index in [1.165, 1.54) is 0 Å². The highest BCUT2D eigenvalue weighted by Gasteiger charge is 2.27. The van der Waals surface area contributed by atoms with E-state index >= 15 is 0 Å². The van der Waals surface area contributed by atoms with E-state index in [-0.39, 0.29) is 12.1 Å². The van der Waals surface area contributed by atoms with Gasteiger partial charge in [0.2, 0.25) is 5.88 Å². The van der Waals surface area contributed by atoms with Crippen molar-refractivity contribution in [1.82, 2.24) is 9.88 Å². The fourth-order valence-electron chi connectivity index (χ4n) is 2.35. The number of rotatable bonds is 3. The van der Waals surface area contributed by atoms with Gasteiger partial charge in [-0.2, -0.15) is 0 Å². The van der Waals surface area contributed by atoms with E-state index in [2.05, 4.69) is 26.2 Å². The standard InChI is InChI=1S/C16H15BrClN3O2/c17-11-1-6-15(19-9-11)23-14-7-8-21(10-14)16(22)20-13-4-2-12(18)3-5-13/h1-6,9,14H,7-8,10H2,(H,20,22)/t14-/m0/s1. The van der Waals surface area contributed by atoms with E-state index in [4.69, 9.17) is 16.3 Å². The number of halogens is 2. The molecule has 0 radical (unpaired) electrons. The fourth-order valence-corrected chi connectivity index (χ4v) is 2.71. The summed E-state index contributed by atoms with van der Waals surface area (Å²) in [5.74, 6) is 0.568. The second-order valence-corrected chi connectivity index (χ2v) is 6.58. The molecule has 2 aromatic rings. The summed E-state index contributed by atoms with van der Waals surface area (Å²) in [6, 6.07) is 10.6. The molecule has 1 fully saturated rings. The van der Waals surface area contributed by atoms with Gasteiger partial charge in [0.05, 0.1) is 6.54 Å². The lowest BCUT2D eigenvalue weighted by molar-refractivity contribution is 0.190. The second-order valence-electron chi connectivity index (χ2n) is 5.23. The largest absolute Gasteiger partial charge is 0.472 e. The normalized spacial score (nSPS) is 17.1. The van der Waals surface area contributed by atoms with Crippen LogP contribution in [0.3, 0.4) is 0 Å². The predicted octanol–water partition coefficient (Wildman–Crippen LogP) is 4.18. The summed E-state index contributed by atoms with van der Waals surface area (Å²) < 4.78 is 6.71. The number of anilines is 1. The van der Waals surface area contributed by atoms with Gasteiger partial charge in [-0.15, -0.1) is 0 Å². The minimum Gasteiger partial charge on any atom is -0.472 e. The number of benzene rings is 1. The number of nitrogens with zero attached hydrogens (tertiary/aromatic N) is 2. The van der Waals surface area contributed by atoms with Gasteiger partial charge in [0.1, 0.15) is 6.10 Å². The monoisotopic (exact) mass is 395 g/mol. The summed E-state index contributed by atoms with van der Waals surface area (Å²) in [5, 5.41) is 3.49. The van der Waals surface area contributed by atoms with Crippen molar-refractivity contribution in [3.8, 4) is 5.88 Å². The molecule has 2 amide bonds. The Kier molecular flexibility index (Phi) is 5.03. The van der Waals surface area contributed by atoms with Crippen LogP contribution in [0.1, 0.15) is 6.42 Å². The SMILES string of the molecule is O=C(Nc1ccc(Cl)cc1)N1CC[C@H](Oc2ccc(Br)cn2)C1. The number of likely N-dealkylation sites (tertiary alicyclic amines) is 1. The number of aromatic nitrogens is 1. The lowest BCUT2D eigenvalue weighted by Gasteiger charge is -2.17. The molecule has 1 aliphatic heterocycles. The average Bonchev–Trinajstić information content (AvgIpc) is 3.00. The Morgan fingerprint density at radius 2 is 2.09 bits per heavy atom. The number of ether oxygens (including phenoxy) is 1. The molecule has 1 N–H and O–H groups in total. The van der Waals surface area contributed by atoms with Crippen molar-refractivity contribution in [2.24, 2.45) is 0 Å². The molecule has 1 aromatic carbocycles. The minimum atomic E-state index is -0.137. The predicted molar refractivity (Wildman–Crippen MR) is 93.0 cm³/mol. The van der Waals surface area contributed by atoms with E-state index in [1.807, 2.05) is 6.07 Å². The lowest BCUT2D eigenvalue weighted by atomic mass is 10.3. The number of amides is 2. The highest BCUT2D eigenvalue weighted by molar-refractivity contribution is 9.10. The molecule has 120 valence electrons. The van der Waals surface area contributed by atoms with Crippen LogP contribution in [0.5, 0.6) is 5.88 Å². The van der Waals surface area contributed by atoms with Gasteiger partial charge in [0.15, 0.2) is 0 Å². The first kappa shape index (κ1) is 16.1. The maximum atomic E-state index is 12.2. The molecular weight excluding hydrogens is 382 g/mol. The van der Waals surface area contributed by atoms with Crippen LogP contribution in [-0.2, 0) is 0 Å². The van der Waals surface area contributed by atoms with Gasteiger partial charge >= 0.3 is 6.03 Å². The van der Waals surface area contributed by atoms with Gasteiger partial charge < -0.3 is 15.0 Å². The van der Waals surface area contributed by atoms with E-state index < -0.39 is 0 Å². The van der Waals surface area contributed by atoms with Crippen LogP contribution in [0.4, 0.5) is 10.5 Å². The topological polar surface area (TPSA) is 54.5 Å². The van der Waals surface area contributed by atoms with Crippen molar-refractivity contribution in [2.45, 2.75) is 12.5 Å².